The van der Waals surface area contributed by atoms with Gasteiger partial charge in [0, 0.05) is 0 Å². The van der Waals surface area contributed by atoms with Crippen LogP contribution in [-0.4, -0.2) is 43.8 Å². The zero-order valence-electron chi connectivity index (χ0n) is 39.5. The van der Waals surface area contributed by atoms with E-state index in [4.69, 9.17) is 0 Å². The molecule has 0 saturated carbocycles. The van der Waals surface area contributed by atoms with Crippen molar-refractivity contribution in [2.24, 2.45) is 0 Å². The van der Waals surface area contributed by atoms with Crippen molar-refractivity contribution in [3.05, 3.63) is 243 Å². The number of benzene rings is 8. The molecule has 0 aliphatic rings. The molecule has 0 aromatic heterocycles. The van der Waals surface area contributed by atoms with Gasteiger partial charge in [0.1, 0.15) is 0 Å². The molecule has 0 unspecified atom stereocenters. The van der Waals surface area contributed by atoms with Gasteiger partial charge in [0.05, 0.1) is 33.4 Å². The minimum Gasteiger partial charge on any atom is -0.289 e. The molecule has 0 saturated heterocycles. The Morgan fingerprint density at radius 2 is 0.538 bits per heavy atom. The molecule has 0 spiro atoms. The summed E-state index contributed by atoms with van der Waals surface area (Å²) in [4.78, 5) is 1.82. The molecule has 0 atom stereocenters. The van der Waals surface area contributed by atoms with E-state index in [2.05, 4.69) is 217 Å². The third-order valence-corrected chi connectivity index (χ3v) is 16.2. The Hall–Kier alpha value is -6.00. The van der Waals surface area contributed by atoms with Gasteiger partial charge >= 0.3 is 0 Å². The Morgan fingerprint density at radius 3 is 0.723 bits per heavy atom. The topological polar surface area (TPSA) is 17.1 Å². The molecule has 0 aliphatic heterocycles. The van der Waals surface area contributed by atoms with Crippen molar-refractivity contribution in [3.63, 3.8) is 0 Å². The lowest BCUT2D eigenvalue weighted by molar-refractivity contribution is -0.857. The Bertz CT molecular complexity index is 2210. The third-order valence-electron chi connectivity index (χ3n) is 13.0. The van der Waals surface area contributed by atoms with E-state index in [1.807, 2.05) is 60.7 Å². The monoisotopic (exact) mass is 874 g/mol. The molecule has 0 radical (unpaired) electrons. The van der Waals surface area contributed by atoms with Crippen molar-refractivity contribution in [1.29, 1.82) is 0 Å². The van der Waals surface area contributed by atoms with Gasteiger partial charge < -0.3 is 0 Å². The summed E-state index contributed by atoms with van der Waals surface area (Å²) in [6.45, 7) is 4.56. The van der Waals surface area contributed by atoms with E-state index in [-0.39, 0.29) is 0 Å². The molecular formula is C60H69B2NOS. The number of unbranched alkanes of at least 4 members (excludes halogenated alkanes) is 2. The van der Waals surface area contributed by atoms with Crippen molar-refractivity contribution in [3.8, 4) is 0 Å². The standard InChI is InChI=1S/2C22H24B.C16H21NOS/c2*1-2-3-19-23(20-13-7-4-8-14-20,21-15-9-5-10-16-21)22-17-11-6-12-18-22;1-17(2,3)14-19(18,15-10-6-4-7-11-15)16-12-8-5-9-13-16/h2*4-18H,2-3,19H2,1H3;4-13H,14H2,1-3H3/q2*-1;+2. The van der Waals surface area contributed by atoms with Crippen LogP contribution in [-0.2, 0) is 14.1 Å². The van der Waals surface area contributed by atoms with E-state index < -0.39 is 22.2 Å². The molecule has 8 aromatic rings. The maximum atomic E-state index is 13.6. The number of quaternary nitrogens is 1. The Labute approximate surface area is 393 Å². The summed E-state index contributed by atoms with van der Waals surface area (Å²) >= 11 is 0. The fourth-order valence-electron chi connectivity index (χ4n) is 9.98. The zero-order valence-corrected chi connectivity index (χ0v) is 40.3. The van der Waals surface area contributed by atoms with Gasteiger partial charge in [-0.1, -0.05) is 262 Å². The minimum absolute atomic E-state index is 0.598. The first kappa shape index (κ1) is 48.5. The summed E-state index contributed by atoms with van der Waals surface area (Å²) in [5, 5.41) is 0. The molecule has 8 rings (SSSR count). The van der Waals surface area contributed by atoms with Crippen molar-refractivity contribution in [1.82, 2.24) is 0 Å². The maximum Gasteiger partial charge on any atom is 0.246 e. The van der Waals surface area contributed by atoms with Crippen LogP contribution < -0.4 is 32.8 Å². The van der Waals surface area contributed by atoms with Gasteiger partial charge in [-0.25, -0.2) is 0 Å². The second kappa shape index (κ2) is 23.8. The molecule has 8 aromatic carbocycles. The second-order valence-corrected chi connectivity index (χ2v) is 21.1. The quantitative estimate of drug-likeness (QED) is 0.0537. The van der Waals surface area contributed by atoms with Crippen molar-refractivity contribution < 1.29 is 8.69 Å². The summed E-state index contributed by atoms with van der Waals surface area (Å²) in [5.74, 6) is 0.598. The number of hydrogen-bond donors (Lipinski definition) is 0. The van der Waals surface area contributed by atoms with Crippen molar-refractivity contribution >= 4 is 55.0 Å². The van der Waals surface area contributed by atoms with Crippen LogP contribution in [0.1, 0.15) is 39.5 Å². The lowest BCUT2D eigenvalue weighted by Crippen LogP contribution is -2.66. The van der Waals surface area contributed by atoms with Gasteiger partial charge in [-0.3, -0.25) is 4.48 Å². The summed E-state index contributed by atoms with van der Waals surface area (Å²) in [7, 11) is 3.99. The van der Waals surface area contributed by atoms with Crippen LogP contribution in [0.15, 0.2) is 252 Å². The van der Waals surface area contributed by atoms with E-state index in [0.29, 0.717) is 10.4 Å². The minimum atomic E-state index is -2.23. The maximum absolute atomic E-state index is 13.6. The van der Waals surface area contributed by atoms with Gasteiger partial charge in [-0.2, -0.15) is 45.4 Å². The summed E-state index contributed by atoms with van der Waals surface area (Å²) in [5.41, 5.74) is 8.66. The lowest BCUT2D eigenvalue weighted by Gasteiger charge is -2.43. The first-order chi connectivity index (χ1) is 31.7. The second-order valence-electron chi connectivity index (χ2n) is 18.6. The molecule has 0 amide bonds. The molecule has 5 heteroatoms. The van der Waals surface area contributed by atoms with Gasteiger partial charge in [-0.15, -0.1) is 0 Å². The Kier molecular flexibility index (Phi) is 17.7. The predicted octanol–water partition coefficient (Wildman–Crippen LogP) is 11.2. The van der Waals surface area contributed by atoms with E-state index in [9.17, 15) is 4.21 Å². The summed E-state index contributed by atoms with van der Waals surface area (Å²) < 4.78 is 14.3. The SMILES string of the molecule is CCCC[B-](c1ccccc1)(c1ccccc1)c1ccccc1.CCCC[B-](c1ccccc1)(c1ccccc1)c1ccccc1.C[N+](C)(C)C[S+](=O)(c1ccccc1)c1ccccc1. The molecule has 0 fully saturated rings. The van der Waals surface area contributed by atoms with Crippen LogP contribution in [0, 0.1) is 0 Å². The summed E-state index contributed by atoms with van der Waals surface area (Å²) in [6.07, 6.45) is 5.46. The van der Waals surface area contributed by atoms with E-state index in [1.165, 1.54) is 71.1 Å². The highest BCUT2D eigenvalue weighted by molar-refractivity contribution is 8.02. The van der Waals surface area contributed by atoms with Crippen molar-refractivity contribution in [2.75, 3.05) is 27.0 Å². The van der Waals surface area contributed by atoms with Gasteiger partial charge in [0.2, 0.25) is 5.88 Å². The van der Waals surface area contributed by atoms with Crippen LogP contribution >= 0.6 is 0 Å². The molecule has 0 aliphatic carbocycles. The normalized spacial score (nSPS) is 11.6. The highest BCUT2D eigenvalue weighted by Gasteiger charge is 2.40. The fourth-order valence-corrected chi connectivity index (χ4v) is 12.8. The lowest BCUT2D eigenvalue weighted by atomic mass is 9.14. The molecule has 332 valence electrons. The van der Waals surface area contributed by atoms with Gasteiger partial charge in [0.25, 0.3) is 0 Å². The average Bonchev–Trinajstić information content (AvgIpc) is 3.37. The van der Waals surface area contributed by atoms with E-state index in [1.54, 1.807) is 0 Å². The zero-order chi connectivity index (χ0) is 45.9. The predicted molar refractivity (Wildman–Crippen MR) is 288 cm³/mol. The first-order valence-electron chi connectivity index (χ1n) is 23.8. The molecule has 0 bridgehead atoms. The van der Waals surface area contributed by atoms with Crippen LogP contribution in [0.3, 0.4) is 0 Å². The van der Waals surface area contributed by atoms with Crippen LogP contribution in [0.4, 0.5) is 0 Å². The smallest absolute Gasteiger partial charge is 0.246 e. The highest BCUT2D eigenvalue weighted by Crippen LogP contribution is 2.30. The molecule has 65 heavy (non-hydrogen) atoms. The molecule has 0 N–H and O–H groups in total. The van der Waals surface area contributed by atoms with Gasteiger partial charge in [0.15, 0.2) is 19.7 Å². The molecule has 0 heterocycles. The molecular weight excluding hydrogens is 804 g/mol. The number of hydrogen-bond acceptors (Lipinski definition) is 1. The van der Waals surface area contributed by atoms with Crippen LogP contribution in [0.2, 0.25) is 12.6 Å². The summed E-state index contributed by atoms with van der Waals surface area (Å²) in [6, 6.07) is 85.9. The van der Waals surface area contributed by atoms with E-state index in [0.717, 1.165) is 9.79 Å². The number of rotatable bonds is 16. The average molecular weight is 874 g/mol. The Balaban J connectivity index is 0.000000163. The van der Waals surface area contributed by atoms with Crippen LogP contribution in [0.25, 0.3) is 0 Å². The van der Waals surface area contributed by atoms with Gasteiger partial charge in [-0.05, 0) is 24.3 Å². The van der Waals surface area contributed by atoms with Crippen LogP contribution in [0.5, 0.6) is 0 Å². The largest absolute Gasteiger partial charge is 0.289 e. The molecule has 2 nitrogen and oxygen atoms in total. The fraction of sp³-hybridized carbons (Fsp3) is 0.200. The van der Waals surface area contributed by atoms with Crippen molar-refractivity contribution in [2.45, 2.75) is 62.0 Å². The third kappa shape index (κ3) is 12.2. The number of nitrogens with zero attached hydrogens (tertiary/aromatic N) is 1. The van der Waals surface area contributed by atoms with E-state index >= 15 is 0 Å². The first-order valence-corrected chi connectivity index (χ1v) is 25.5. The highest BCUT2D eigenvalue weighted by atomic mass is 32.2. The Morgan fingerprint density at radius 1 is 0.338 bits per heavy atom.